The summed E-state index contributed by atoms with van der Waals surface area (Å²) in [5.74, 6) is -4.41. The van der Waals surface area contributed by atoms with Gasteiger partial charge in [-0.2, -0.15) is 0 Å². The van der Waals surface area contributed by atoms with Crippen molar-refractivity contribution in [3.8, 4) is 0 Å². The van der Waals surface area contributed by atoms with E-state index in [1.165, 1.54) is 0 Å². The van der Waals surface area contributed by atoms with Gasteiger partial charge in [0.1, 0.15) is 0 Å². The van der Waals surface area contributed by atoms with Crippen molar-refractivity contribution in [2.24, 2.45) is 29.6 Å². The summed E-state index contributed by atoms with van der Waals surface area (Å²) in [4.78, 5) is 52.2. The summed E-state index contributed by atoms with van der Waals surface area (Å²) in [6.45, 7) is 20.1. The van der Waals surface area contributed by atoms with Crippen molar-refractivity contribution >= 4 is 67.6 Å². The van der Waals surface area contributed by atoms with Crippen LogP contribution in [-0.4, -0.2) is 82.9 Å². The molecule has 3 N–H and O–H groups in total. The molecule has 0 bridgehead atoms. The van der Waals surface area contributed by atoms with Crippen LogP contribution in [0.3, 0.4) is 0 Å². The van der Waals surface area contributed by atoms with Crippen LogP contribution in [0.25, 0.3) is 0 Å². The van der Waals surface area contributed by atoms with E-state index in [1.807, 2.05) is 69.2 Å². The molecule has 0 unspecified atom stereocenters. The van der Waals surface area contributed by atoms with E-state index < -0.39 is 29.8 Å². The van der Waals surface area contributed by atoms with Crippen molar-refractivity contribution < 1.29 is 49.5 Å². The number of hydrogen-bond acceptors (Lipinski definition) is 7. The zero-order valence-electron chi connectivity index (χ0n) is 34.4. The van der Waals surface area contributed by atoms with Crippen molar-refractivity contribution in [1.82, 2.24) is 0 Å². The monoisotopic (exact) mass is 759 g/mol. The van der Waals surface area contributed by atoms with Gasteiger partial charge in [-0.3, -0.25) is 14.4 Å². The number of carbonyl (C=O) groups excluding carboxylic acids is 2. The number of carbonyl (C=O) groups is 5. The zero-order chi connectivity index (χ0) is 39.9. The van der Waals surface area contributed by atoms with Crippen LogP contribution in [-0.2, 0) is 24.0 Å². The summed E-state index contributed by atoms with van der Waals surface area (Å²) in [5.41, 5.74) is 0. The maximum atomic E-state index is 10.5. The number of carboxylic acid groups (broad SMARTS) is 5. The third-order valence-corrected chi connectivity index (χ3v) is 8.09. The molecule has 0 amide bonds. The summed E-state index contributed by atoms with van der Waals surface area (Å²) in [6, 6.07) is 0. The fourth-order valence-corrected chi connectivity index (χ4v) is 5.42. The molecule has 0 fully saturated rings. The molecule has 10 nitrogen and oxygen atoms in total. The quantitative estimate of drug-likeness (QED) is 0.0762. The van der Waals surface area contributed by atoms with Gasteiger partial charge in [0.25, 0.3) is 0 Å². The minimum atomic E-state index is -0.885. The molecule has 0 aromatic rings. The van der Waals surface area contributed by atoms with Crippen molar-refractivity contribution in [3.63, 3.8) is 0 Å². The van der Waals surface area contributed by atoms with Crippen LogP contribution in [0.4, 0.5) is 0 Å². The summed E-state index contributed by atoms with van der Waals surface area (Å²) in [7, 11) is 0. The second-order valence-corrected chi connectivity index (χ2v) is 13.0. The van der Waals surface area contributed by atoms with Gasteiger partial charge in [-0.15, -0.1) is 0 Å². The molecule has 11 heteroatoms. The van der Waals surface area contributed by atoms with Gasteiger partial charge in [-0.05, 0) is 76.0 Å². The molecular weight excluding hydrogens is 681 g/mol. The minimum Gasteiger partial charge on any atom is -0.550 e. The van der Waals surface area contributed by atoms with Crippen molar-refractivity contribution in [3.05, 3.63) is 0 Å². The van der Waals surface area contributed by atoms with Crippen LogP contribution in [0.15, 0.2) is 0 Å². The Morgan fingerprint density at radius 2 is 0.451 bits per heavy atom. The second-order valence-electron chi connectivity index (χ2n) is 13.0. The van der Waals surface area contributed by atoms with Crippen LogP contribution in [0.5, 0.6) is 0 Å². The van der Waals surface area contributed by atoms with Crippen LogP contribution in [0, 0.1) is 29.6 Å². The van der Waals surface area contributed by atoms with Gasteiger partial charge >= 0.3 is 55.6 Å². The Labute approximate surface area is 342 Å². The van der Waals surface area contributed by atoms with Gasteiger partial charge in [0.2, 0.25) is 0 Å². The smallest absolute Gasteiger partial charge is 0.550 e. The molecule has 0 rings (SSSR count). The van der Waals surface area contributed by atoms with E-state index in [2.05, 4.69) is 0 Å². The van der Waals surface area contributed by atoms with E-state index in [0.717, 1.165) is 128 Å². The van der Waals surface area contributed by atoms with Gasteiger partial charge in [0.15, 0.2) is 0 Å². The van der Waals surface area contributed by atoms with E-state index in [0.29, 0.717) is 0 Å². The van der Waals surface area contributed by atoms with E-state index in [1.54, 1.807) is 0 Å². The summed E-state index contributed by atoms with van der Waals surface area (Å²) in [5, 5.41) is 46.6. The number of aliphatic carboxylic acids is 5. The molecular formula is C40H78CaO10. The first-order chi connectivity index (χ1) is 23.6. The molecule has 0 saturated carbocycles. The number of carboxylic acids is 5. The third-order valence-electron chi connectivity index (χ3n) is 8.09. The zero-order valence-corrected chi connectivity index (χ0v) is 36.6. The maximum Gasteiger partial charge on any atom is 2.00 e. The Morgan fingerprint density at radius 1 is 0.333 bits per heavy atom. The second kappa shape index (κ2) is 46.6. The van der Waals surface area contributed by atoms with Crippen LogP contribution in [0.2, 0.25) is 0 Å². The first kappa shape index (κ1) is 61.6. The topological polar surface area (TPSA) is 192 Å². The molecule has 0 aromatic carbocycles. The van der Waals surface area contributed by atoms with Crippen molar-refractivity contribution in [1.29, 1.82) is 0 Å². The molecule has 0 saturated heterocycles. The molecule has 0 atom stereocenters. The normalized spacial score (nSPS) is 10.1. The summed E-state index contributed by atoms with van der Waals surface area (Å²) >= 11 is 0. The Morgan fingerprint density at radius 3 is 0.529 bits per heavy atom. The van der Waals surface area contributed by atoms with Crippen LogP contribution >= 0.6 is 0 Å². The molecule has 0 aromatic heterocycles. The predicted octanol–water partition coefficient (Wildman–Crippen LogP) is 8.39. The number of hydrogen-bond donors (Lipinski definition) is 3. The Bertz CT molecular complexity index is 625. The first-order valence-electron chi connectivity index (χ1n) is 19.7. The molecule has 0 aliphatic rings. The van der Waals surface area contributed by atoms with Crippen molar-refractivity contribution in [2.75, 3.05) is 0 Å². The van der Waals surface area contributed by atoms with E-state index in [-0.39, 0.29) is 67.3 Å². The Hall–Kier alpha value is -1.39. The molecule has 0 aliphatic carbocycles. The fraction of sp³-hybridized carbons (Fsp3) is 0.875. The Balaban J connectivity index is -0.000000123. The third kappa shape index (κ3) is 44.7. The molecule has 0 heterocycles. The van der Waals surface area contributed by atoms with Crippen molar-refractivity contribution in [2.45, 2.75) is 198 Å². The molecule has 51 heavy (non-hydrogen) atoms. The standard InChI is InChI=1S/5C8H16O2.Ca/c5*1-3-5-7(6-4-2)8(9)10;/h5*7H,3-6H2,1-2H3,(H,9,10);/q;;;;;+2/p-2. The van der Waals surface area contributed by atoms with E-state index in [9.17, 15) is 34.2 Å². The molecule has 0 aliphatic heterocycles. The van der Waals surface area contributed by atoms with Gasteiger partial charge < -0.3 is 35.1 Å². The summed E-state index contributed by atoms with van der Waals surface area (Å²) < 4.78 is 0. The van der Waals surface area contributed by atoms with Crippen LogP contribution in [0.1, 0.15) is 198 Å². The first-order valence-corrected chi connectivity index (χ1v) is 19.7. The maximum absolute atomic E-state index is 10.5. The fourth-order valence-electron chi connectivity index (χ4n) is 5.42. The molecule has 300 valence electrons. The average molecular weight is 759 g/mol. The van der Waals surface area contributed by atoms with E-state index in [4.69, 9.17) is 15.3 Å². The van der Waals surface area contributed by atoms with Gasteiger partial charge in [-0.1, -0.05) is 133 Å². The average Bonchev–Trinajstić information content (AvgIpc) is 3.05. The molecule has 0 spiro atoms. The molecule has 0 radical (unpaired) electrons. The van der Waals surface area contributed by atoms with Crippen LogP contribution < -0.4 is 10.2 Å². The predicted molar refractivity (Wildman–Crippen MR) is 205 cm³/mol. The SMILES string of the molecule is CCCC(CCC)C(=O)O.CCCC(CCC)C(=O)O.CCCC(CCC)C(=O)O.CCCC(CCC)C(=O)[O-].CCCC(CCC)C(=O)[O-].[Ca+2]. The Kier molecular flexibility index (Phi) is 56.4. The van der Waals surface area contributed by atoms with E-state index >= 15 is 0 Å². The van der Waals surface area contributed by atoms with Gasteiger partial charge in [-0.25, -0.2) is 0 Å². The van der Waals surface area contributed by atoms with Gasteiger partial charge in [0, 0.05) is 11.9 Å². The minimum absolute atomic E-state index is 0. The van der Waals surface area contributed by atoms with Gasteiger partial charge in [0.05, 0.1) is 17.8 Å². The largest absolute Gasteiger partial charge is 2.00 e. The summed E-state index contributed by atoms with van der Waals surface area (Å²) in [6.07, 6.45) is 17.5. The number of rotatable bonds is 25.